The van der Waals surface area contributed by atoms with Crippen molar-refractivity contribution in [1.29, 1.82) is 0 Å². The van der Waals surface area contributed by atoms with Crippen LogP contribution in [-0.4, -0.2) is 0 Å². The molecule has 0 spiro atoms. The van der Waals surface area contributed by atoms with Crippen LogP contribution in [0.4, 0.5) is 0 Å². The zero-order chi connectivity index (χ0) is 7.61. The molecule has 1 radical (unpaired) electrons. The molecular weight excluding hydrogens is 147 g/mol. The molecule has 0 saturated carbocycles. The molecule has 0 aromatic rings. The lowest BCUT2D eigenvalue weighted by molar-refractivity contribution is 0.581. The van der Waals surface area contributed by atoms with Gasteiger partial charge in [0.25, 0.3) is 0 Å². The molecule has 0 aliphatic heterocycles. The van der Waals surface area contributed by atoms with E-state index < -0.39 is 7.44 Å². The van der Waals surface area contributed by atoms with E-state index in [1.807, 2.05) is 12.2 Å². The summed E-state index contributed by atoms with van der Waals surface area (Å²) in [7, 11) is -2.99. The molecule has 0 unspecified atom stereocenters. The highest BCUT2D eigenvalue weighted by Crippen LogP contribution is 2.40. The molecule has 0 aromatic heterocycles. The van der Waals surface area contributed by atoms with Crippen LogP contribution in [0.3, 0.4) is 0 Å². The van der Waals surface area contributed by atoms with Gasteiger partial charge in [-0.3, -0.25) is 15.6 Å². The van der Waals surface area contributed by atoms with Gasteiger partial charge in [-0.15, -0.1) is 0 Å². The molecular formula is C6H10N2OP. The maximum Gasteiger partial charge on any atom is 0.231 e. The second kappa shape index (κ2) is 2.70. The quantitative estimate of drug-likeness (QED) is 0.561. The largest absolute Gasteiger partial charge is 0.285 e. The summed E-state index contributed by atoms with van der Waals surface area (Å²) in [5, 5.41) is 0.565. The van der Waals surface area contributed by atoms with Crippen LogP contribution in [0.25, 0.3) is 0 Å². The third-order valence-electron chi connectivity index (χ3n) is 1.27. The van der Waals surface area contributed by atoms with Crippen molar-refractivity contribution in [2.75, 3.05) is 0 Å². The minimum atomic E-state index is -2.99. The molecule has 0 aromatic carbocycles. The van der Waals surface area contributed by atoms with Crippen molar-refractivity contribution in [2.24, 2.45) is 11.0 Å². The van der Waals surface area contributed by atoms with E-state index in [9.17, 15) is 4.57 Å². The summed E-state index contributed by atoms with van der Waals surface area (Å²) in [4.78, 5) is 0. The number of rotatable bonds is 1. The smallest absolute Gasteiger partial charge is 0.231 e. The standard InChI is InChI=1S/C6H10N2OP/c7-10(8,9)6-4-2-1-3-5-6/h1-2,4-5H,3H2,(H4,7,8,9). The van der Waals surface area contributed by atoms with E-state index >= 15 is 0 Å². The lowest BCUT2D eigenvalue weighted by atomic mass is 10.2. The molecule has 55 valence electrons. The van der Waals surface area contributed by atoms with Crippen molar-refractivity contribution < 1.29 is 4.57 Å². The van der Waals surface area contributed by atoms with Crippen LogP contribution in [0.2, 0.25) is 0 Å². The third kappa shape index (κ3) is 1.81. The van der Waals surface area contributed by atoms with Gasteiger partial charge in [0.05, 0.1) is 0 Å². The zero-order valence-electron chi connectivity index (χ0n) is 5.53. The summed E-state index contributed by atoms with van der Waals surface area (Å²) in [6.07, 6.45) is 7.98. The molecule has 0 atom stereocenters. The Balaban J connectivity index is 2.82. The molecule has 1 aliphatic rings. The Hall–Kier alpha value is -0.370. The van der Waals surface area contributed by atoms with E-state index in [-0.39, 0.29) is 0 Å². The van der Waals surface area contributed by atoms with Gasteiger partial charge in [-0.05, 0) is 6.42 Å². The highest BCUT2D eigenvalue weighted by molar-refractivity contribution is 7.63. The van der Waals surface area contributed by atoms with Crippen LogP contribution >= 0.6 is 7.44 Å². The minimum absolute atomic E-state index is 0.565. The molecule has 1 rings (SSSR count). The van der Waals surface area contributed by atoms with E-state index in [1.165, 1.54) is 0 Å². The van der Waals surface area contributed by atoms with E-state index in [0.717, 1.165) is 6.42 Å². The third-order valence-corrected chi connectivity index (χ3v) is 2.41. The van der Waals surface area contributed by atoms with Crippen LogP contribution in [0, 0.1) is 6.42 Å². The molecule has 0 amide bonds. The predicted octanol–water partition coefficient (Wildman–Crippen LogP) is 1.14. The molecule has 1 aliphatic carbocycles. The molecule has 4 heteroatoms. The maximum absolute atomic E-state index is 11.0. The Morgan fingerprint density at radius 1 is 1.50 bits per heavy atom. The van der Waals surface area contributed by atoms with E-state index in [1.54, 1.807) is 12.5 Å². The fraction of sp³-hybridized carbons (Fsp3) is 0.167. The van der Waals surface area contributed by atoms with Crippen molar-refractivity contribution in [3.63, 3.8) is 0 Å². The van der Waals surface area contributed by atoms with E-state index in [4.69, 9.17) is 11.0 Å². The molecule has 10 heavy (non-hydrogen) atoms. The van der Waals surface area contributed by atoms with Crippen molar-refractivity contribution in [2.45, 2.75) is 6.42 Å². The Morgan fingerprint density at radius 2 is 2.20 bits per heavy atom. The van der Waals surface area contributed by atoms with Gasteiger partial charge in [0.1, 0.15) is 0 Å². The fourth-order valence-electron chi connectivity index (χ4n) is 0.761. The maximum atomic E-state index is 11.0. The first-order valence-corrected chi connectivity index (χ1v) is 4.83. The van der Waals surface area contributed by atoms with Crippen molar-refractivity contribution in [3.05, 3.63) is 30.0 Å². The van der Waals surface area contributed by atoms with Gasteiger partial charge in [-0.2, -0.15) is 0 Å². The first-order chi connectivity index (χ1) is 4.61. The topological polar surface area (TPSA) is 69.1 Å². The first-order valence-electron chi connectivity index (χ1n) is 2.98. The zero-order valence-corrected chi connectivity index (χ0v) is 6.42. The number of hydrogen-bond acceptors (Lipinski definition) is 1. The van der Waals surface area contributed by atoms with Gasteiger partial charge < -0.3 is 0 Å². The second-order valence-electron chi connectivity index (χ2n) is 2.17. The van der Waals surface area contributed by atoms with Crippen LogP contribution in [0.5, 0.6) is 0 Å². The fourth-order valence-corrected chi connectivity index (χ4v) is 1.47. The summed E-state index contributed by atoms with van der Waals surface area (Å²) in [6.45, 7) is 0. The highest BCUT2D eigenvalue weighted by atomic mass is 31.2. The first kappa shape index (κ1) is 7.73. The Labute approximate surface area is 60.3 Å². The van der Waals surface area contributed by atoms with E-state index in [2.05, 4.69) is 0 Å². The summed E-state index contributed by atoms with van der Waals surface area (Å²) in [5.74, 6) is 0. The average molecular weight is 157 g/mol. The second-order valence-corrected chi connectivity index (χ2v) is 4.10. The van der Waals surface area contributed by atoms with Gasteiger partial charge in [-0.25, -0.2) is 0 Å². The Morgan fingerprint density at radius 3 is 2.50 bits per heavy atom. The normalized spacial score (nSPS) is 18.8. The summed E-state index contributed by atoms with van der Waals surface area (Å²) < 4.78 is 11.0. The van der Waals surface area contributed by atoms with Crippen molar-refractivity contribution in [3.8, 4) is 0 Å². The average Bonchev–Trinajstić information content (AvgIpc) is 1.88. The molecule has 4 N–H and O–H groups in total. The molecule has 3 nitrogen and oxygen atoms in total. The van der Waals surface area contributed by atoms with Gasteiger partial charge in [0, 0.05) is 11.7 Å². The van der Waals surface area contributed by atoms with E-state index in [0.29, 0.717) is 5.31 Å². The van der Waals surface area contributed by atoms with Crippen LogP contribution in [-0.2, 0) is 4.57 Å². The van der Waals surface area contributed by atoms with Gasteiger partial charge in [0.15, 0.2) is 0 Å². The lowest BCUT2D eigenvalue weighted by Crippen LogP contribution is -2.08. The monoisotopic (exact) mass is 157 g/mol. The van der Waals surface area contributed by atoms with Gasteiger partial charge in [0.2, 0.25) is 7.44 Å². The minimum Gasteiger partial charge on any atom is -0.285 e. The van der Waals surface area contributed by atoms with Crippen LogP contribution in [0.1, 0.15) is 6.42 Å². The van der Waals surface area contributed by atoms with Crippen LogP contribution < -0.4 is 11.0 Å². The molecule has 0 saturated heterocycles. The summed E-state index contributed by atoms with van der Waals surface area (Å²) in [5.41, 5.74) is 10.4. The lowest BCUT2D eigenvalue weighted by Gasteiger charge is -2.11. The Kier molecular flexibility index (Phi) is 2.09. The number of allylic oxidation sites excluding steroid dienone is 4. The Bertz CT molecular complexity index is 226. The van der Waals surface area contributed by atoms with Crippen molar-refractivity contribution in [1.82, 2.24) is 0 Å². The van der Waals surface area contributed by atoms with Gasteiger partial charge in [-0.1, -0.05) is 18.2 Å². The number of hydrogen-bond donors (Lipinski definition) is 2. The molecule has 0 fully saturated rings. The molecule has 0 bridgehead atoms. The predicted molar refractivity (Wildman–Crippen MR) is 42.1 cm³/mol. The van der Waals surface area contributed by atoms with Gasteiger partial charge >= 0.3 is 0 Å². The SMILES string of the molecule is NP(N)(=O)C1=CC=CC[CH]1. The van der Waals surface area contributed by atoms with Crippen LogP contribution in [0.15, 0.2) is 23.5 Å². The van der Waals surface area contributed by atoms with Crippen molar-refractivity contribution >= 4 is 7.44 Å². The number of nitrogens with two attached hydrogens (primary N) is 2. The summed E-state index contributed by atoms with van der Waals surface area (Å²) >= 11 is 0. The summed E-state index contributed by atoms with van der Waals surface area (Å²) in [6, 6.07) is 0. The highest BCUT2D eigenvalue weighted by Gasteiger charge is 2.15. The molecule has 0 heterocycles.